The van der Waals surface area contributed by atoms with Crippen molar-refractivity contribution in [1.29, 1.82) is 0 Å². The molecule has 2 heterocycles. The lowest BCUT2D eigenvalue weighted by molar-refractivity contribution is -0.383. The lowest BCUT2D eigenvalue weighted by atomic mass is 10.2. The maximum absolute atomic E-state index is 12.5. The SMILES string of the molecule is CCc1cc2c(=O)n(CC(=O)Nc3ccccc3[N+](=O)[O-])cnc2s1. The van der Waals surface area contributed by atoms with Crippen molar-refractivity contribution in [3.63, 3.8) is 0 Å². The summed E-state index contributed by atoms with van der Waals surface area (Å²) in [5, 5.41) is 13.9. The first-order valence-electron chi connectivity index (χ1n) is 7.50. The Morgan fingerprint density at radius 3 is 2.88 bits per heavy atom. The normalized spacial score (nSPS) is 10.8. The zero-order chi connectivity index (χ0) is 18.0. The molecule has 0 spiro atoms. The summed E-state index contributed by atoms with van der Waals surface area (Å²) in [6.07, 6.45) is 2.12. The van der Waals surface area contributed by atoms with Crippen molar-refractivity contribution in [2.75, 3.05) is 5.32 Å². The molecular weight excluding hydrogens is 344 g/mol. The Morgan fingerprint density at radius 1 is 1.40 bits per heavy atom. The van der Waals surface area contributed by atoms with E-state index in [1.54, 1.807) is 12.1 Å². The highest BCUT2D eigenvalue weighted by atomic mass is 32.1. The predicted octanol–water partition coefficient (Wildman–Crippen LogP) is 2.57. The van der Waals surface area contributed by atoms with Crippen LogP contribution in [0.15, 0.2) is 41.5 Å². The summed E-state index contributed by atoms with van der Waals surface area (Å²) >= 11 is 1.45. The van der Waals surface area contributed by atoms with Crippen LogP contribution in [-0.2, 0) is 17.8 Å². The lowest BCUT2D eigenvalue weighted by Gasteiger charge is -2.07. The number of nitrogens with zero attached hydrogens (tertiary/aromatic N) is 3. The van der Waals surface area contributed by atoms with Gasteiger partial charge in [-0.1, -0.05) is 19.1 Å². The molecule has 3 aromatic rings. The van der Waals surface area contributed by atoms with Crippen molar-refractivity contribution < 1.29 is 9.72 Å². The van der Waals surface area contributed by atoms with Crippen molar-refractivity contribution in [2.45, 2.75) is 19.9 Å². The highest BCUT2D eigenvalue weighted by molar-refractivity contribution is 7.18. The van der Waals surface area contributed by atoms with Gasteiger partial charge in [0.2, 0.25) is 5.91 Å². The van der Waals surface area contributed by atoms with Crippen LogP contribution in [-0.4, -0.2) is 20.4 Å². The van der Waals surface area contributed by atoms with Crippen molar-refractivity contribution in [3.8, 4) is 0 Å². The third-order valence-corrected chi connectivity index (χ3v) is 4.79. The second kappa shape index (κ2) is 6.81. The van der Waals surface area contributed by atoms with E-state index in [0.29, 0.717) is 10.2 Å². The van der Waals surface area contributed by atoms with Gasteiger partial charge in [0.05, 0.1) is 16.6 Å². The number of thiophene rings is 1. The number of nitro benzene ring substituents is 1. The van der Waals surface area contributed by atoms with Gasteiger partial charge in [0.25, 0.3) is 11.2 Å². The van der Waals surface area contributed by atoms with E-state index in [1.807, 2.05) is 6.92 Å². The maximum Gasteiger partial charge on any atom is 0.292 e. The average Bonchev–Trinajstić information content (AvgIpc) is 3.02. The molecule has 0 saturated carbocycles. The van der Waals surface area contributed by atoms with Crippen LogP contribution in [0.2, 0.25) is 0 Å². The second-order valence-corrected chi connectivity index (χ2v) is 6.40. The van der Waals surface area contributed by atoms with Gasteiger partial charge in [-0.05, 0) is 18.6 Å². The molecule has 8 nitrogen and oxygen atoms in total. The average molecular weight is 358 g/mol. The first-order chi connectivity index (χ1) is 12.0. The Hall–Kier alpha value is -3.07. The number of benzene rings is 1. The van der Waals surface area contributed by atoms with E-state index < -0.39 is 10.8 Å². The molecule has 0 aliphatic heterocycles. The molecule has 1 aromatic carbocycles. The number of para-hydroxylation sites is 2. The van der Waals surface area contributed by atoms with E-state index in [1.165, 1.54) is 40.4 Å². The Morgan fingerprint density at radius 2 is 2.16 bits per heavy atom. The molecule has 0 aliphatic carbocycles. The third kappa shape index (κ3) is 3.41. The largest absolute Gasteiger partial charge is 0.319 e. The summed E-state index contributed by atoms with van der Waals surface area (Å²) in [6, 6.07) is 7.61. The minimum atomic E-state index is -0.576. The fraction of sp³-hybridized carbons (Fsp3) is 0.188. The zero-order valence-electron chi connectivity index (χ0n) is 13.3. The Balaban J connectivity index is 1.84. The van der Waals surface area contributed by atoms with Gasteiger partial charge in [-0.3, -0.25) is 24.3 Å². The minimum absolute atomic E-state index is 0.0865. The van der Waals surface area contributed by atoms with E-state index in [-0.39, 0.29) is 23.5 Å². The summed E-state index contributed by atoms with van der Waals surface area (Å²) in [7, 11) is 0. The van der Waals surface area contributed by atoms with Crippen LogP contribution in [0.3, 0.4) is 0 Å². The van der Waals surface area contributed by atoms with Crippen LogP contribution in [0.4, 0.5) is 11.4 Å². The number of fused-ring (bicyclic) bond motifs is 1. The van der Waals surface area contributed by atoms with E-state index in [0.717, 1.165) is 11.3 Å². The van der Waals surface area contributed by atoms with Crippen LogP contribution in [0, 0.1) is 10.1 Å². The molecule has 128 valence electrons. The van der Waals surface area contributed by atoms with Crippen LogP contribution in [0.25, 0.3) is 10.2 Å². The number of carbonyl (C=O) groups excluding carboxylic acids is 1. The van der Waals surface area contributed by atoms with Crippen LogP contribution < -0.4 is 10.9 Å². The number of aryl methyl sites for hydroxylation is 1. The van der Waals surface area contributed by atoms with Crippen LogP contribution in [0.5, 0.6) is 0 Å². The maximum atomic E-state index is 12.5. The van der Waals surface area contributed by atoms with E-state index in [2.05, 4.69) is 10.3 Å². The van der Waals surface area contributed by atoms with Crippen molar-refractivity contribution in [1.82, 2.24) is 9.55 Å². The summed E-state index contributed by atoms with van der Waals surface area (Å²) in [5.41, 5.74) is -0.427. The van der Waals surface area contributed by atoms with E-state index in [4.69, 9.17) is 0 Å². The topological polar surface area (TPSA) is 107 Å². The zero-order valence-corrected chi connectivity index (χ0v) is 14.1. The summed E-state index contributed by atoms with van der Waals surface area (Å²) in [6.45, 7) is 1.72. The number of rotatable bonds is 5. The molecule has 0 unspecified atom stereocenters. The number of nitro groups is 1. The molecule has 0 atom stereocenters. The molecule has 0 saturated heterocycles. The van der Waals surface area contributed by atoms with Gasteiger partial charge in [0.15, 0.2) is 0 Å². The number of aromatic nitrogens is 2. The Bertz CT molecular complexity index is 1020. The van der Waals surface area contributed by atoms with E-state index in [9.17, 15) is 19.7 Å². The monoisotopic (exact) mass is 358 g/mol. The summed E-state index contributed by atoms with van der Waals surface area (Å²) in [4.78, 5) is 40.9. The number of carbonyl (C=O) groups is 1. The summed E-state index contributed by atoms with van der Waals surface area (Å²) < 4.78 is 1.19. The number of anilines is 1. The van der Waals surface area contributed by atoms with Crippen molar-refractivity contribution in [2.24, 2.45) is 0 Å². The molecule has 1 amide bonds. The summed E-state index contributed by atoms with van der Waals surface area (Å²) in [5.74, 6) is -0.538. The molecule has 9 heteroatoms. The molecule has 25 heavy (non-hydrogen) atoms. The number of nitrogens with one attached hydrogen (secondary N) is 1. The van der Waals surface area contributed by atoms with Gasteiger partial charge < -0.3 is 5.32 Å². The number of amides is 1. The quantitative estimate of drug-likeness (QED) is 0.557. The third-order valence-electron chi connectivity index (χ3n) is 3.61. The molecule has 0 radical (unpaired) electrons. The Labute approximate surface area is 145 Å². The Kier molecular flexibility index (Phi) is 4.57. The van der Waals surface area contributed by atoms with Crippen LogP contribution in [0.1, 0.15) is 11.8 Å². The first kappa shape index (κ1) is 16.8. The van der Waals surface area contributed by atoms with Gasteiger partial charge in [0.1, 0.15) is 17.1 Å². The van der Waals surface area contributed by atoms with Gasteiger partial charge in [0, 0.05) is 10.9 Å². The first-order valence-corrected chi connectivity index (χ1v) is 8.32. The molecule has 0 aliphatic rings. The molecular formula is C16H14N4O4S. The molecule has 0 fully saturated rings. The smallest absolute Gasteiger partial charge is 0.292 e. The lowest BCUT2D eigenvalue weighted by Crippen LogP contribution is -2.27. The highest BCUT2D eigenvalue weighted by Gasteiger charge is 2.16. The van der Waals surface area contributed by atoms with Crippen molar-refractivity contribution in [3.05, 3.63) is 62.0 Å². The predicted molar refractivity (Wildman–Crippen MR) is 95.0 cm³/mol. The van der Waals surface area contributed by atoms with E-state index >= 15 is 0 Å². The van der Waals surface area contributed by atoms with Crippen molar-refractivity contribution >= 4 is 38.8 Å². The van der Waals surface area contributed by atoms with Gasteiger partial charge in [-0.25, -0.2) is 4.98 Å². The molecule has 1 N–H and O–H groups in total. The fourth-order valence-electron chi connectivity index (χ4n) is 2.38. The van der Waals surface area contributed by atoms with Crippen LogP contribution >= 0.6 is 11.3 Å². The molecule has 3 rings (SSSR count). The molecule has 0 bridgehead atoms. The number of hydrogen-bond acceptors (Lipinski definition) is 6. The van der Waals surface area contributed by atoms with Gasteiger partial charge in [-0.2, -0.15) is 0 Å². The minimum Gasteiger partial charge on any atom is -0.319 e. The second-order valence-electron chi connectivity index (χ2n) is 5.29. The molecule has 2 aromatic heterocycles. The number of hydrogen-bond donors (Lipinski definition) is 1. The van der Waals surface area contributed by atoms with Gasteiger partial charge in [-0.15, -0.1) is 11.3 Å². The standard InChI is InChI=1S/C16H14N4O4S/c1-2-10-7-11-15(25-10)17-9-19(16(11)22)8-14(21)18-12-5-3-4-6-13(12)20(23)24/h3-7,9H,2,8H2,1H3,(H,18,21). The van der Waals surface area contributed by atoms with Gasteiger partial charge >= 0.3 is 0 Å². The fourth-order valence-corrected chi connectivity index (χ4v) is 3.31. The highest BCUT2D eigenvalue weighted by Crippen LogP contribution is 2.23.